The molecular formula is C14H17FN2O2S. The summed E-state index contributed by atoms with van der Waals surface area (Å²) in [4.78, 5) is 25.3. The highest BCUT2D eigenvalue weighted by Gasteiger charge is 2.40. The van der Waals surface area contributed by atoms with Crippen LogP contribution < -0.4 is 5.32 Å². The molecule has 2 atom stereocenters. The minimum atomic E-state index is -0.443. The molecule has 4 nitrogen and oxygen atoms in total. The van der Waals surface area contributed by atoms with Crippen LogP contribution >= 0.6 is 11.8 Å². The van der Waals surface area contributed by atoms with E-state index in [-0.39, 0.29) is 29.4 Å². The number of benzene rings is 1. The fourth-order valence-corrected chi connectivity index (χ4v) is 3.46. The van der Waals surface area contributed by atoms with Gasteiger partial charge in [0.2, 0.25) is 11.8 Å². The van der Waals surface area contributed by atoms with Gasteiger partial charge in [0.1, 0.15) is 17.7 Å². The lowest BCUT2D eigenvalue weighted by Crippen LogP contribution is -2.40. The average Bonchev–Trinajstić information content (AvgIpc) is 2.68. The Kier molecular flexibility index (Phi) is 4.65. The Labute approximate surface area is 121 Å². The minimum absolute atomic E-state index is 0.0387. The van der Waals surface area contributed by atoms with Crippen LogP contribution in [0.25, 0.3) is 0 Å². The standard InChI is InChI=1S/C14H17FN2O2S/c1-3-16-12(18)8-17-13(19)9(2)20-14(17)10-6-4-5-7-11(10)15/h4-7,9,14H,3,8H2,1-2H3,(H,16,18). The van der Waals surface area contributed by atoms with Gasteiger partial charge >= 0.3 is 0 Å². The second-order valence-corrected chi connectivity index (χ2v) is 6.00. The maximum Gasteiger partial charge on any atom is 0.239 e. The summed E-state index contributed by atoms with van der Waals surface area (Å²) in [5.41, 5.74) is 0.444. The van der Waals surface area contributed by atoms with E-state index in [1.54, 1.807) is 25.1 Å². The van der Waals surface area contributed by atoms with Crippen LogP contribution in [-0.2, 0) is 9.59 Å². The highest BCUT2D eigenvalue weighted by Crippen LogP contribution is 2.43. The van der Waals surface area contributed by atoms with Crippen molar-refractivity contribution in [1.29, 1.82) is 0 Å². The Morgan fingerprint density at radius 3 is 2.80 bits per heavy atom. The molecule has 108 valence electrons. The molecule has 1 N–H and O–H groups in total. The molecule has 0 radical (unpaired) electrons. The summed E-state index contributed by atoms with van der Waals surface area (Å²) in [6, 6.07) is 6.37. The Bertz CT molecular complexity index is 524. The van der Waals surface area contributed by atoms with Crippen LogP contribution in [-0.4, -0.2) is 35.1 Å². The molecule has 1 aromatic rings. The van der Waals surface area contributed by atoms with Gasteiger partial charge in [0.15, 0.2) is 0 Å². The van der Waals surface area contributed by atoms with Crippen molar-refractivity contribution in [1.82, 2.24) is 10.2 Å². The molecule has 2 unspecified atom stereocenters. The number of likely N-dealkylation sites (N-methyl/N-ethyl adjacent to an activating group) is 1. The molecule has 1 heterocycles. The molecule has 1 aliphatic rings. The van der Waals surface area contributed by atoms with Crippen LogP contribution in [0.1, 0.15) is 24.8 Å². The normalized spacial score (nSPS) is 22.1. The monoisotopic (exact) mass is 296 g/mol. The number of hydrogen-bond donors (Lipinski definition) is 1. The topological polar surface area (TPSA) is 49.4 Å². The van der Waals surface area contributed by atoms with Crippen molar-refractivity contribution in [3.8, 4) is 0 Å². The van der Waals surface area contributed by atoms with Gasteiger partial charge in [-0.25, -0.2) is 4.39 Å². The van der Waals surface area contributed by atoms with Crippen LogP contribution in [0.5, 0.6) is 0 Å². The molecular weight excluding hydrogens is 279 g/mol. The van der Waals surface area contributed by atoms with E-state index < -0.39 is 5.37 Å². The SMILES string of the molecule is CCNC(=O)CN1C(=O)C(C)SC1c1ccccc1F. The van der Waals surface area contributed by atoms with E-state index >= 15 is 0 Å². The smallest absolute Gasteiger partial charge is 0.239 e. The van der Waals surface area contributed by atoms with Crippen molar-refractivity contribution in [2.45, 2.75) is 24.5 Å². The number of halogens is 1. The number of nitrogens with one attached hydrogen (secondary N) is 1. The van der Waals surface area contributed by atoms with E-state index in [2.05, 4.69) is 5.32 Å². The Hall–Kier alpha value is -1.56. The van der Waals surface area contributed by atoms with Gasteiger partial charge in [0.25, 0.3) is 0 Å². The number of hydrogen-bond acceptors (Lipinski definition) is 3. The molecule has 1 aliphatic heterocycles. The molecule has 20 heavy (non-hydrogen) atoms. The first kappa shape index (κ1) is 14.8. The zero-order valence-electron chi connectivity index (χ0n) is 11.4. The molecule has 2 rings (SSSR count). The van der Waals surface area contributed by atoms with Crippen molar-refractivity contribution in [2.75, 3.05) is 13.1 Å². The van der Waals surface area contributed by atoms with Crippen LogP contribution in [0.2, 0.25) is 0 Å². The third-order valence-corrected chi connectivity index (χ3v) is 4.48. The van der Waals surface area contributed by atoms with Crippen molar-refractivity contribution in [3.63, 3.8) is 0 Å². The number of carbonyl (C=O) groups is 2. The number of carbonyl (C=O) groups excluding carboxylic acids is 2. The molecule has 1 fully saturated rings. The van der Waals surface area contributed by atoms with Crippen molar-refractivity contribution < 1.29 is 14.0 Å². The number of amides is 2. The highest BCUT2D eigenvalue weighted by molar-refractivity contribution is 8.01. The van der Waals surface area contributed by atoms with Crippen molar-refractivity contribution in [3.05, 3.63) is 35.6 Å². The van der Waals surface area contributed by atoms with Gasteiger partial charge in [-0.15, -0.1) is 11.8 Å². The predicted molar refractivity (Wildman–Crippen MR) is 76.6 cm³/mol. The first-order valence-corrected chi connectivity index (χ1v) is 7.46. The largest absolute Gasteiger partial charge is 0.355 e. The fraction of sp³-hybridized carbons (Fsp3) is 0.429. The number of rotatable bonds is 4. The third kappa shape index (κ3) is 2.95. The summed E-state index contributed by atoms with van der Waals surface area (Å²) in [5, 5.41) is 1.95. The minimum Gasteiger partial charge on any atom is -0.355 e. The van der Waals surface area contributed by atoms with E-state index in [1.807, 2.05) is 6.92 Å². The molecule has 0 spiro atoms. The molecule has 1 aromatic carbocycles. The lowest BCUT2D eigenvalue weighted by Gasteiger charge is -2.23. The summed E-state index contributed by atoms with van der Waals surface area (Å²) in [6.45, 7) is 4.06. The second-order valence-electron chi connectivity index (χ2n) is 4.57. The molecule has 0 bridgehead atoms. The lowest BCUT2D eigenvalue weighted by molar-refractivity contribution is -0.135. The molecule has 2 amide bonds. The summed E-state index contributed by atoms with van der Waals surface area (Å²) in [5.74, 6) is -0.709. The quantitative estimate of drug-likeness (QED) is 0.923. The van der Waals surface area contributed by atoms with E-state index in [1.165, 1.54) is 22.7 Å². The van der Waals surface area contributed by atoms with Gasteiger partial charge in [-0.1, -0.05) is 18.2 Å². The van der Waals surface area contributed by atoms with Gasteiger partial charge in [0, 0.05) is 12.1 Å². The maximum atomic E-state index is 13.9. The zero-order valence-corrected chi connectivity index (χ0v) is 12.2. The van der Waals surface area contributed by atoms with Crippen molar-refractivity contribution >= 4 is 23.6 Å². The average molecular weight is 296 g/mol. The molecule has 0 saturated carbocycles. The van der Waals surface area contributed by atoms with E-state index in [9.17, 15) is 14.0 Å². The van der Waals surface area contributed by atoms with Crippen LogP contribution in [0.3, 0.4) is 0 Å². The Morgan fingerprint density at radius 1 is 1.45 bits per heavy atom. The summed E-state index contributed by atoms with van der Waals surface area (Å²) in [6.07, 6.45) is 0. The summed E-state index contributed by atoms with van der Waals surface area (Å²) in [7, 11) is 0. The summed E-state index contributed by atoms with van der Waals surface area (Å²) >= 11 is 1.37. The Balaban J connectivity index is 2.24. The van der Waals surface area contributed by atoms with Crippen LogP contribution in [0.15, 0.2) is 24.3 Å². The van der Waals surface area contributed by atoms with Crippen LogP contribution in [0.4, 0.5) is 4.39 Å². The molecule has 0 aromatic heterocycles. The number of nitrogens with zero attached hydrogens (tertiary/aromatic N) is 1. The van der Waals surface area contributed by atoms with Crippen molar-refractivity contribution in [2.24, 2.45) is 0 Å². The fourth-order valence-electron chi connectivity index (χ4n) is 2.16. The number of thioether (sulfide) groups is 1. The van der Waals surface area contributed by atoms with Gasteiger partial charge < -0.3 is 10.2 Å². The van der Waals surface area contributed by atoms with E-state index in [4.69, 9.17) is 0 Å². The first-order valence-electron chi connectivity index (χ1n) is 6.51. The van der Waals surface area contributed by atoms with Gasteiger partial charge in [-0.2, -0.15) is 0 Å². The summed E-state index contributed by atoms with van der Waals surface area (Å²) < 4.78 is 13.9. The lowest BCUT2D eigenvalue weighted by atomic mass is 10.2. The van der Waals surface area contributed by atoms with E-state index in [0.29, 0.717) is 12.1 Å². The zero-order chi connectivity index (χ0) is 14.7. The van der Waals surface area contributed by atoms with Gasteiger partial charge in [0.05, 0.1) is 5.25 Å². The van der Waals surface area contributed by atoms with Gasteiger partial charge in [-0.3, -0.25) is 9.59 Å². The first-order chi connectivity index (χ1) is 9.54. The molecule has 0 aliphatic carbocycles. The van der Waals surface area contributed by atoms with E-state index in [0.717, 1.165) is 0 Å². The van der Waals surface area contributed by atoms with Crippen LogP contribution in [0, 0.1) is 5.82 Å². The predicted octanol–water partition coefficient (Wildman–Crippen LogP) is 1.92. The van der Waals surface area contributed by atoms with Gasteiger partial charge in [-0.05, 0) is 19.9 Å². The third-order valence-electron chi connectivity index (χ3n) is 3.11. The maximum absolute atomic E-state index is 13.9. The Morgan fingerprint density at radius 2 is 2.15 bits per heavy atom. The highest BCUT2D eigenvalue weighted by atomic mass is 32.2. The molecule has 6 heteroatoms. The molecule has 1 saturated heterocycles. The second kappa shape index (κ2) is 6.26.